The lowest BCUT2D eigenvalue weighted by molar-refractivity contribution is 0.264. The molecule has 0 spiro atoms. The summed E-state index contributed by atoms with van der Waals surface area (Å²) in [5.74, 6) is 1.64. The molecule has 2 rings (SSSR count). The van der Waals surface area contributed by atoms with E-state index in [1.54, 1.807) is 0 Å². The van der Waals surface area contributed by atoms with Crippen molar-refractivity contribution in [3.63, 3.8) is 0 Å². The molecule has 130 valence electrons. The van der Waals surface area contributed by atoms with E-state index >= 15 is 0 Å². The summed E-state index contributed by atoms with van der Waals surface area (Å²) in [6.07, 6.45) is 1.07. The van der Waals surface area contributed by atoms with Crippen LogP contribution in [-0.2, 0) is 13.2 Å². The number of para-hydroxylation sites is 1. The Hall–Kier alpha value is -2.00. The summed E-state index contributed by atoms with van der Waals surface area (Å²) in [7, 11) is 0. The Morgan fingerprint density at radius 1 is 0.917 bits per heavy atom. The molecule has 0 aliphatic rings. The Kier molecular flexibility index (Phi) is 6.68. The first kappa shape index (κ1) is 18.3. The van der Waals surface area contributed by atoms with Gasteiger partial charge in [-0.2, -0.15) is 0 Å². The van der Waals surface area contributed by atoms with E-state index in [1.807, 2.05) is 37.3 Å². The molecule has 0 aromatic heterocycles. The molecular weight excluding hydrogens is 298 g/mol. The maximum absolute atomic E-state index is 6.14. The van der Waals surface area contributed by atoms with Crippen LogP contribution in [0.3, 0.4) is 0 Å². The first-order chi connectivity index (χ1) is 11.6. The van der Waals surface area contributed by atoms with E-state index in [-0.39, 0.29) is 5.54 Å². The van der Waals surface area contributed by atoms with Gasteiger partial charge in [0.15, 0.2) is 11.5 Å². The van der Waals surface area contributed by atoms with Crippen molar-refractivity contribution in [2.75, 3.05) is 6.61 Å². The molecule has 0 saturated carbocycles. The molecular formula is C21H29NO2. The van der Waals surface area contributed by atoms with E-state index in [0.29, 0.717) is 13.2 Å². The van der Waals surface area contributed by atoms with Crippen molar-refractivity contribution in [2.45, 2.75) is 52.8 Å². The normalized spacial score (nSPS) is 11.3. The van der Waals surface area contributed by atoms with Crippen LogP contribution in [0.1, 0.15) is 45.2 Å². The molecule has 24 heavy (non-hydrogen) atoms. The van der Waals surface area contributed by atoms with Crippen LogP contribution in [0.5, 0.6) is 11.5 Å². The van der Waals surface area contributed by atoms with Gasteiger partial charge in [-0.15, -0.1) is 0 Å². The Morgan fingerprint density at radius 2 is 1.67 bits per heavy atom. The van der Waals surface area contributed by atoms with Crippen molar-refractivity contribution in [1.29, 1.82) is 0 Å². The van der Waals surface area contributed by atoms with Gasteiger partial charge in [-0.3, -0.25) is 0 Å². The smallest absolute Gasteiger partial charge is 0.166 e. The lowest BCUT2D eigenvalue weighted by atomic mass is 10.0. The molecule has 3 nitrogen and oxygen atoms in total. The summed E-state index contributed by atoms with van der Waals surface area (Å²) in [6, 6.07) is 16.3. The SMILES string of the molecule is CCOc1cccc(CNC(C)(C)CC)c1OCc1ccccc1. The van der Waals surface area contributed by atoms with Crippen LogP contribution < -0.4 is 14.8 Å². The van der Waals surface area contributed by atoms with Crippen LogP contribution >= 0.6 is 0 Å². The minimum Gasteiger partial charge on any atom is -0.490 e. The van der Waals surface area contributed by atoms with Gasteiger partial charge in [0, 0.05) is 17.6 Å². The molecule has 2 aromatic rings. The van der Waals surface area contributed by atoms with Gasteiger partial charge in [-0.05, 0) is 38.8 Å². The van der Waals surface area contributed by atoms with Crippen LogP contribution in [0.15, 0.2) is 48.5 Å². The Balaban J connectivity index is 2.18. The Bertz CT molecular complexity index is 623. The monoisotopic (exact) mass is 327 g/mol. The number of hydrogen-bond acceptors (Lipinski definition) is 3. The van der Waals surface area contributed by atoms with Crippen LogP contribution in [0.4, 0.5) is 0 Å². The van der Waals surface area contributed by atoms with Crippen LogP contribution in [0, 0.1) is 0 Å². The summed E-state index contributed by atoms with van der Waals surface area (Å²) >= 11 is 0. The fourth-order valence-electron chi connectivity index (χ4n) is 2.32. The quantitative estimate of drug-likeness (QED) is 0.707. The fraction of sp³-hybridized carbons (Fsp3) is 0.429. The number of hydrogen-bond donors (Lipinski definition) is 1. The molecule has 0 radical (unpaired) electrons. The van der Waals surface area contributed by atoms with E-state index in [0.717, 1.165) is 35.6 Å². The number of ether oxygens (including phenoxy) is 2. The number of nitrogens with one attached hydrogen (secondary N) is 1. The van der Waals surface area contributed by atoms with E-state index in [1.165, 1.54) is 0 Å². The van der Waals surface area contributed by atoms with Gasteiger partial charge in [0.05, 0.1) is 6.61 Å². The molecule has 1 N–H and O–H groups in total. The average Bonchev–Trinajstić information content (AvgIpc) is 2.60. The molecule has 0 aliphatic heterocycles. The predicted molar refractivity (Wildman–Crippen MR) is 99.6 cm³/mol. The summed E-state index contributed by atoms with van der Waals surface area (Å²) in [6.45, 7) is 10.5. The van der Waals surface area contributed by atoms with Gasteiger partial charge in [0.2, 0.25) is 0 Å². The van der Waals surface area contributed by atoms with Crippen LogP contribution in [0.2, 0.25) is 0 Å². The molecule has 2 aromatic carbocycles. The summed E-state index contributed by atoms with van der Waals surface area (Å²) in [4.78, 5) is 0. The summed E-state index contributed by atoms with van der Waals surface area (Å²) in [5.41, 5.74) is 2.37. The van der Waals surface area contributed by atoms with E-state index in [2.05, 4.69) is 44.3 Å². The topological polar surface area (TPSA) is 30.5 Å². The van der Waals surface area contributed by atoms with Gasteiger partial charge >= 0.3 is 0 Å². The predicted octanol–water partition coefficient (Wildman–Crippen LogP) is 4.94. The van der Waals surface area contributed by atoms with E-state index in [4.69, 9.17) is 9.47 Å². The van der Waals surface area contributed by atoms with Gasteiger partial charge in [0.25, 0.3) is 0 Å². The second-order valence-electron chi connectivity index (χ2n) is 6.54. The zero-order valence-electron chi connectivity index (χ0n) is 15.3. The molecule has 0 saturated heterocycles. The van der Waals surface area contributed by atoms with Crippen molar-refractivity contribution < 1.29 is 9.47 Å². The van der Waals surface area contributed by atoms with Gasteiger partial charge in [-0.1, -0.05) is 49.4 Å². The first-order valence-electron chi connectivity index (χ1n) is 8.72. The Labute approximate surface area is 146 Å². The van der Waals surface area contributed by atoms with Crippen molar-refractivity contribution in [1.82, 2.24) is 5.32 Å². The van der Waals surface area contributed by atoms with Crippen LogP contribution in [0.25, 0.3) is 0 Å². The highest BCUT2D eigenvalue weighted by Gasteiger charge is 2.17. The highest BCUT2D eigenvalue weighted by molar-refractivity contribution is 5.47. The molecule has 0 aliphatic carbocycles. The Morgan fingerprint density at radius 3 is 2.33 bits per heavy atom. The summed E-state index contributed by atoms with van der Waals surface area (Å²) in [5, 5.41) is 3.60. The van der Waals surface area contributed by atoms with Gasteiger partial charge < -0.3 is 14.8 Å². The number of benzene rings is 2. The third-order valence-electron chi connectivity index (χ3n) is 4.23. The molecule has 0 fully saturated rings. The molecule has 0 unspecified atom stereocenters. The standard InChI is InChI=1S/C21H29NO2/c1-5-21(3,4)22-15-18-13-10-14-19(23-6-2)20(18)24-16-17-11-8-7-9-12-17/h7-14,22H,5-6,15-16H2,1-4H3. The van der Waals surface area contributed by atoms with E-state index < -0.39 is 0 Å². The van der Waals surface area contributed by atoms with Gasteiger partial charge in [0.1, 0.15) is 6.61 Å². The second kappa shape index (κ2) is 8.74. The molecule has 0 amide bonds. The van der Waals surface area contributed by atoms with E-state index in [9.17, 15) is 0 Å². The highest BCUT2D eigenvalue weighted by atomic mass is 16.5. The van der Waals surface area contributed by atoms with Crippen LogP contribution in [-0.4, -0.2) is 12.1 Å². The zero-order valence-corrected chi connectivity index (χ0v) is 15.3. The lowest BCUT2D eigenvalue weighted by Crippen LogP contribution is -2.37. The van der Waals surface area contributed by atoms with Crippen molar-refractivity contribution in [2.24, 2.45) is 0 Å². The van der Waals surface area contributed by atoms with Crippen molar-refractivity contribution in [3.8, 4) is 11.5 Å². The zero-order chi connectivity index (χ0) is 17.4. The minimum absolute atomic E-state index is 0.0956. The largest absolute Gasteiger partial charge is 0.490 e. The third kappa shape index (κ3) is 5.27. The lowest BCUT2D eigenvalue weighted by Gasteiger charge is -2.25. The third-order valence-corrected chi connectivity index (χ3v) is 4.23. The molecule has 0 bridgehead atoms. The minimum atomic E-state index is 0.0956. The maximum atomic E-state index is 6.14. The van der Waals surface area contributed by atoms with Crippen molar-refractivity contribution in [3.05, 3.63) is 59.7 Å². The first-order valence-corrected chi connectivity index (χ1v) is 8.72. The molecule has 0 atom stereocenters. The second-order valence-corrected chi connectivity index (χ2v) is 6.54. The molecule has 0 heterocycles. The average molecular weight is 327 g/mol. The van der Waals surface area contributed by atoms with Crippen molar-refractivity contribution >= 4 is 0 Å². The summed E-state index contributed by atoms with van der Waals surface area (Å²) < 4.78 is 11.9. The van der Waals surface area contributed by atoms with Gasteiger partial charge in [-0.25, -0.2) is 0 Å². The molecule has 3 heteroatoms. The maximum Gasteiger partial charge on any atom is 0.166 e. The highest BCUT2D eigenvalue weighted by Crippen LogP contribution is 2.32. The fourth-order valence-corrected chi connectivity index (χ4v) is 2.32. The number of rotatable bonds is 9.